The molecule has 5 nitrogen and oxygen atoms in total. The van der Waals surface area contributed by atoms with Crippen molar-refractivity contribution in [3.05, 3.63) is 77.6 Å². The number of hydrogen-bond acceptors (Lipinski definition) is 3. The van der Waals surface area contributed by atoms with Gasteiger partial charge in [0.2, 0.25) is 5.91 Å². The largest absolute Gasteiger partial charge is 0.471 e. The van der Waals surface area contributed by atoms with E-state index in [9.17, 15) is 4.79 Å². The van der Waals surface area contributed by atoms with Crippen LogP contribution in [0.3, 0.4) is 0 Å². The molecule has 0 fully saturated rings. The molecule has 0 aliphatic heterocycles. The second-order valence-corrected chi connectivity index (χ2v) is 5.97. The lowest BCUT2D eigenvalue weighted by atomic mass is 10.1. The third-order valence-electron chi connectivity index (χ3n) is 3.56. The summed E-state index contributed by atoms with van der Waals surface area (Å²) in [6.07, 6.45) is 4.46. The number of ether oxygens (including phenoxy) is 1. The Morgan fingerprint density at radius 3 is 2.80 bits per heavy atom. The van der Waals surface area contributed by atoms with Crippen LogP contribution in [-0.2, 0) is 17.9 Å². The fraction of sp³-hybridized carbons (Fsp3) is 0.158. The molecule has 1 aromatic heterocycles. The number of amides is 1. The van der Waals surface area contributed by atoms with E-state index in [-0.39, 0.29) is 12.6 Å². The van der Waals surface area contributed by atoms with Gasteiger partial charge in [0.1, 0.15) is 5.75 Å². The van der Waals surface area contributed by atoms with E-state index >= 15 is 0 Å². The van der Waals surface area contributed by atoms with E-state index in [1.807, 2.05) is 42.5 Å². The first-order valence-electron chi connectivity index (χ1n) is 7.94. The summed E-state index contributed by atoms with van der Waals surface area (Å²) in [7, 11) is 0. The molecule has 1 heterocycles. The summed E-state index contributed by atoms with van der Waals surface area (Å²) in [4.78, 5) is 12.0. The van der Waals surface area contributed by atoms with Crippen molar-refractivity contribution >= 4 is 23.2 Å². The van der Waals surface area contributed by atoms with Crippen LogP contribution in [0, 0.1) is 0 Å². The van der Waals surface area contributed by atoms with Crippen molar-refractivity contribution in [1.82, 2.24) is 9.78 Å². The van der Waals surface area contributed by atoms with Gasteiger partial charge in [0.15, 0.2) is 6.73 Å². The normalized spacial score (nSPS) is 10.4. The Labute approximate surface area is 151 Å². The van der Waals surface area contributed by atoms with Gasteiger partial charge in [-0.3, -0.25) is 4.79 Å². The number of aryl methyl sites for hydroxylation is 1. The lowest BCUT2D eigenvalue weighted by Gasteiger charge is -2.06. The van der Waals surface area contributed by atoms with Crippen molar-refractivity contribution in [3.8, 4) is 5.75 Å². The Morgan fingerprint density at radius 2 is 2.00 bits per heavy atom. The maximum atomic E-state index is 12.0. The van der Waals surface area contributed by atoms with Gasteiger partial charge in [0.05, 0.1) is 18.1 Å². The minimum atomic E-state index is -0.0424. The van der Waals surface area contributed by atoms with Gasteiger partial charge in [-0.25, -0.2) is 4.68 Å². The number of carbonyl (C=O) groups is 1. The minimum Gasteiger partial charge on any atom is -0.471 e. The Kier molecular flexibility index (Phi) is 5.69. The van der Waals surface area contributed by atoms with Gasteiger partial charge in [0.25, 0.3) is 0 Å². The van der Waals surface area contributed by atoms with E-state index < -0.39 is 0 Å². The zero-order valence-electron chi connectivity index (χ0n) is 13.6. The fourth-order valence-corrected chi connectivity index (χ4v) is 2.50. The second kappa shape index (κ2) is 8.35. The molecule has 0 radical (unpaired) electrons. The molecular formula is C19H18ClN3O2. The molecule has 1 amide bonds. The monoisotopic (exact) mass is 355 g/mol. The van der Waals surface area contributed by atoms with E-state index in [1.165, 1.54) is 0 Å². The van der Waals surface area contributed by atoms with Crippen LogP contribution in [0.1, 0.15) is 12.0 Å². The molecule has 3 rings (SSSR count). The quantitative estimate of drug-likeness (QED) is 0.692. The van der Waals surface area contributed by atoms with Crippen LogP contribution >= 0.6 is 11.6 Å². The van der Waals surface area contributed by atoms with Gasteiger partial charge < -0.3 is 10.1 Å². The Hall–Kier alpha value is -2.79. The van der Waals surface area contributed by atoms with Gasteiger partial charge in [0, 0.05) is 11.4 Å². The van der Waals surface area contributed by atoms with E-state index in [1.54, 1.807) is 29.2 Å². The number of hydrogen-bond donors (Lipinski definition) is 1. The summed E-state index contributed by atoms with van der Waals surface area (Å²) < 4.78 is 7.20. The molecule has 128 valence electrons. The standard InChI is InChI=1S/C19H18ClN3O2/c20-16-7-4-8-18(11-16)25-14-23-13-17(12-21-23)22-19(24)10-9-15-5-2-1-3-6-15/h1-8,11-13H,9-10,14H2,(H,22,24). The van der Waals surface area contributed by atoms with Crippen molar-refractivity contribution in [2.24, 2.45) is 0 Å². The predicted molar refractivity (Wildman–Crippen MR) is 97.7 cm³/mol. The van der Waals surface area contributed by atoms with Crippen LogP contribution < -0.4 is 10.1 Å². The van der Waals surface area contributed by atoms with Crippen LogP contribution in [-0.4, -0.2) is 15.7 Å². The summed E-state index contributed by atoms with van der Waals surface area (Å²) in [5.41, 5.74) is 1.79. The SMILES string of the molecule is O=C(CCc1ccccc1)Nc1cnn(COc2cccc(Cl)c2)c1. The third kappa shape index (κ3) is 5.36. The third-order valence-corrected chi connectivity index (χ3v) is 3.80. The average Bonchev–Trinajstić information content (AvgIpc) is 3.06. The molecule has 0 aliphatic rings. The summed E-state index contributed by atoms with van der Waals surface area (Å²) in [6.45, 7) is 0.236. The topological polar surface area (TPSA) is 56.2 Å². The predicted octanol–water partition coefficient (Wildman–Crippen LogP) is 4.14. The van der Waals surface area contributed by atoms with Crippen LogP contribution in [0.15, 0.2) is 67.0 Å². The van der Waals surface area contributed by atoms with Crippen molar-refractivity contribution < 1.29 is 9.53 Å². The van der Waals surface area contributed by atoms with Crippen molar-refractivity contribution in [2.75, 3.05) is 5.32 Å². The number of aromatic nitrogens is 2. The average molecular weight is 356 g/mol. The number of carbonyl (C=O) groups excluding carboxylic acids is 1. The first-order valence-corrected chi connectivity index (χ1v) is 8.31. The number of nitrogens with one attached hydrogen (secondary N) is 1. The second-order valence-electron chi connectivity index (χ2n) is 5.53. The molecule has 25 heavy (non-hydrogen) atoms. The van der Waals surface area contributed by atoms with Gasteiger partial charge in [-0.2, -0.15) is 5.10 Å². The van der Waals surface area contributed by atoms with E-state index in [0.29, 0.717) is 29.3 Å². The van der Waals surface area contributed by atoms with Crippen molar-refractivity contribution in [2.45, 2.75) is 19.6 Å². The number of anilines is 1. The number of benzene rings is 2. The first-order chi connectivity index (χ1) is 12.2. The van der Waals surface area contributed by atoms with Crippen LogP contribution in [0.4, 0.5) is 5.69 Å². The zero-order chi connectivity index (χ0) is 17.5. The molecule has 2 aromatic carbocycles. The number of nitrogens with zero attached hydrogens (tertiary/aromatic N) is 2. The molecule has 3 aromatic rings. The van der Waals surface area contributed by atoms with E-state index in [4.69, 9.17) is 16.3 Å². The minimum absolute atomic E-state index is 0.0424. The molecule has 6 heteroatoms. The highest BCUT2D eigenvalue weighted by Gasteiger charge is 2.06. The number of halogens is 1. The summed E-state index contributed by atoms with van der Waals surface area (Å²) in [5, 5.41) is 7.63. The molecule has 0 spiro atoms. The smallest absolute Gasteiger partial charge is 0.224 e. The van der Waals surface area contributed by atoms with E-state index in [2.05, 4.69) is 10.4 Å². The molecule has 0 saturated heterocycles. The lowest BCUT2D eigenvalue weighted by molar-refractivity contribution is -0.116. The maximum absolute atomic E-state index is 12.0. The Bertz CT molecular complexity index is 833. The van der Waals surface area contributed by atoms with Crippen LogP contribution in [0.2, 0.25) is 5.02 Å². The number of rotatable bonds is 7. The molecule has 1 N–H and O–H groups in total. The lowest BCUT2D eigenvalue weighted by Crippen LogP contribution is -2.12. The van der Waals surface area contributed by atoms with Crippen LogP contribution in [0.25, 0.3) is 0 Å². The summed E-state index contributed by atoms with van der Waals surface area (Å²) >= 11 is 5.91. The highest BCUT2D eigenvalue weighted by molar-refractivity contribution is 6.30. The molecule has 0 atom stereocenters. The van der Waals surface area contributed by atoms with E-state index in [0.717, 1.165) is 5.56 Å². The zero-order valence-corrected chi connectivity index (χ0v) is 14.3. The first kappa shape index (κ1) is 17.0. The molecule has 0 unspecified atom stereocenters. The molecule has 0 bridgehead atoms. The van der Waals surface area contributed by atoms with Gasteiger partial charge in [-0.1, -0.05) is 48.0 Å². The summed E-state index contributed by atoms with van der Waals surface area (Å²) in [6, 6.07) is 17.1. The van der Waals surface area contributed by atoms with Crippen molar-refractivity contribution in [1.29, 1.82) is 0 Å². The Balaban J connectivity index is 1.47. The van der Waals surface area contributed by atoms with Crippen molar-refractivity contribution in [3.63, 3.8) is 0 Å². The van der Waals surface area contributed by atoms with Gasteiger partial charge >= 0.3 is 0 Å². The summed E-state index contributed by atoms with van der Waals surface area (Å²) in [5.74, 6) is 0.621. The maximum Gasteiger partial charge on any atom is 0.224 e. The Morgan fingerprint density at radius 1 is 1.16 bits per heavy atom. The molecule has 0 aliphatic carbocycles. The van der Waals surface area contributed by atoms with Gasteiger partial charge in [-0.05, 0) is 30.2 Å². The van der Waals surface area contributed by atoms with Crippen LogP contribution in [0.5, 0.6) is 5.75 Å². The highest BCUT2D eigenvalue weighted by atomic mass is 35.5. The highest BCUT2D eigenvalue weighted by Crippen LogP contribution is 2.17. The molecular weight excluding hydrogens is 338 g/mol. The molecule has 0 saturated carbocycles. The fourth-order valence-electron chi connectivity index (χ4n) is 2.32. The van der Waals surface area contributed by atoms with Gasteiger partial charge in [-0.15, -0.1) is 0 Å².